The van der Waals surface area contributed by atoms with Crippen LogP contribution in [0.25, 0.3) is 0 Å². The second-order valence-electron chi connectivity index (χ2n) is 5.08. The Bertz CT molecular complexity index is 546. The molecule has 4 nitrogen and oxygen atoms in total. The van der Waals surface area contributed by atoms with Gasteiger partial charge in [0.25, 0.3) is 0 Å². The van der Waals surface area contributed by atoms with Gasteiger partial charge in [0.1, 0.15) is 0 Å². The average Bonchev–Trinajstić information content (AvgIpc) is 2.78. The second-order valence-corrected chi connectivity index (χ2v) is 5.08. The average molecular weight is 259 g/mol. The van der Waals surface area contributed by atoms with Crippen molar-refractivity contribution in [2.24, 2.45) is 7.05 Å². The predicted molar refractivity (Wildman–Crippen MR) is 77.0 cm³/mol. The number of aromatic nitrogens is 2. The Morgan fingerprint density at radius 1 is 1.37 bits per heavy atom. The lowest BCUT2D eigenvalue weighted by Gasteiger charge is -2.09. The van der Waals surface area contributed by atoms with Crippen LogP contribution in [0.4, 0.5) is 5.69 Å². The lowest BCUT2D eigenvalue weighted by molar-refractivity contribution is 0.282. The zero-order chi connectivity index (χ0) is 13.8. The smallest absolute Gasteiger partial charge is 0.0699 e. The van der Waals surface area contributed by atoms with E-state index in [9.17, 15) is 0 Å². The Balaban J connectivity index is 2.09. The van der Waals surface area contributed by atoms with Crippen molar-refractivity contribution in [2.75, 3.05) is 5.32 Å². The van der Waals surface area contributed by atoms with Gasteiger partial charge in [0.2, 0.25) is 0 Å². The molecule has 0 bridgehead atoms. The molecule has 0 atom stereocenters. The maximum atomic E-state index is 9.13. The van der Waals surface area contributed by atoms with E-state index in [1.165, 1.54) is 5.56 Å². The van der Waals surface area contributed by atoms with Crippen LogP contribution in [-0.4, -0.2) is 14.9 Å². The number of hydrogen-bond donors (Lipinski definition) is 2. The SMILES string of the molecule is CC(C)c1nn(C)cc1CNc1cccc(CO)c1. The maximum Gasteiger partial charge on any atom is 0.0699 e. The van der Waals surface area contributed by atoms with Crippen LogP contribution >= 0.6 is 0 Å². The normalized spacial score (nSPS) is 11.0. The highest BCUT2D eigenvalue weighted by atomic mass is 16.3. The third kappa shape index (κ3) is 3.35. The highest BCUT2D eigenvalue weighted by Gasteiger charge is 2.10. The number of aryl methyl sites for hydroxylation is 1. The van der Waals surface area contributed by atoms with Gasteiger partial charge in [-0.05, 0) is 23.6 Å². The number of aliphatic hydroxyl groups excluding tert-OH is 1. The van der Waals surface area contributed by atoms with Crippen LogP contribution in [0.2, 0.25) is 0 Å². The van der Waals surface area contributed by atoms with Crippen LogP contribution in [0, 0.1) is 0 Å². The van der Waals surface area contributed by atoms with Gasteiger partial charge in [0.05, 0.1) is 12.3 Å². The molecule has 2 N–H and O–H groups in total. The molecule has 0 saturated carbocycles. The molecule has 2 rings (SSSR count). The summed E-state index contributed by atoms with van der Waals surface area (Å²) in [6, 6.07) is 7.82. The van der Waals surface area contributed by atoms with E-state index in [1.54, 1.807) is 0 Å². The van der Waals surface area contributed by atoms with Gasteiger partial charge in [-0.15, -0.1) is 0 Å². The van der Waals surface area contributed by atoms with Gasteiger partial charge in [-0.1, -0.05) is 26.0 Å². The molecular weight excluding hydrogens is 238 g/mol. The highest BCUT2D eigenvalue weighted by molar-refractivity contribution is 5.46. The van der Waals surface area contributed by atoms with Crippen LogP contribution < -0.4 is 5.32 Å². The van der Waals surface area contributed by atoms with E-state index in [1.807, 2.05) is 36.0 Å². The molecule has 1 aromatic heterocycles. The fraction of sp³-hybridized carbons (Fsp3) is 0.400. The molecule has 0 aliphatic rings. The van der Waals surface area contributed by atoms with Gasteiger partial charge < -0.3 is 10.4 Å². The quantitative estimate of drug-likeness (QED) is 0.868. The summed E-state index contributed by atoms with van der Waals surface area (Å²) in [6.45, 7) is 5.12. The summed E-state index contributed by atoms with van der Waals surface area (Å²) in [5.41, 5.74) is 4.28. The van der Waals surface area contributed by atoms with E-state index in [0.29, 0.717) is 5.92 Å². The second kappa shape index (κ2) is 5.89. The molecule has 19 heavy (non-hydrogen) atoms. The van der Waals surface area contributed by atoms with E-state index in [2.05, 4.69) is 30.5 Å². The topological polar surface area (TPSA) is 50.1 Å². The van der Waals surface area contributed by atoms with Gasteiger partial charge >= 0.3 is 0 Å². The minimum atomic E-state index is 0.0691. The Morgan fingerprint density at radius 3 is 2.84 bits per heavy atom. The van der Waals surface area contributed by atoms with Crippen molar-refractivity contribution in [3.8, 4) is 0 Å². The maximum absolute atomic E-state index is 9.13. The summed E-state index contributed by atoms with van der Waals surface area (Å²) < 4.78 is 1.86. The largest absolute Gasteiger partial charge is 0.392 e. The summed E-state index contributed by atoms with van der Waals surface area (Å²) in [4.78, 5) is 0. The van der Waals surface area contributed by atoms with Crippen molar-refractivity contribution in [2.45, 2.75) is 32.9 Å². The van der Waals surface area contributed by atoms with Crippen molar-refractivity contribution in [3.05, 3.63) is 47.3 Å². The molecular formula is C15H21N3O. The summed E-state index contributed by atoms with van der Waals surface area (Å²) in [5, 5.41) is 17.0. The van der Waals surface area contributed by atoms with Crippen molar-refractivity contribution >= 4 is 5.69 Å². The Labute approximate surface area is 114 Å². The van der Waals surface area contributed by atoms with Gasteiger partial charge in [0, 0.05) is 31.0 Å². The molecule has 102 valence electrons. The first-order chi connectivity index (χ1) is 9.10. The molecule has 0 saturated heterocycles. The summed E-state index contributed by atoms with van der Waals surface area (Å²) in [5.74, 6) is 0.418. The first-order valence-corrected chi connectivity index (χ1v) is 6.56. The number of rotatable bonds is 5. The number of nitrogens with one attached hydrogen (secondary N) is 1. The van der Waals surface area contributed by atoms with E-state index in [0.717, 1.165) is 23.5 Å². The van der Waals surface area contributed by atoms with E-state index < -0.39 is 0 Å². The third-order valence-corrected chi connectivity index (χ3v) is 3.08. The molecule has 1 aromatic carbocycles. The molecule has 0 aliphatic heterocycles. The molecule has 0 amide bonds. The number of aliphatic hydroxyl groups is 1. The van der Waals surface area contributed by atoms with Crippen molar-refractivity contribution in [3.63, 3.8) is 0 Å². The zero-order valence-electron chi connectivity index (χ0n) is 11.7. The minimum absolute atomic E-state index is 0.0691. The van der Waals surface area contributed by atoms with Crippen molar-refractivity contribution < 1.29 is 5.11 Å². The van der Waals surface area contributed by atoms with Crippen LogP contribution in [-0.2, 0) is 20.2 Å². The fourth-order valence-corrected chi connectivity index (χ4v) is 2.15. The summed E-state index contributed by atoms with van der Waals surface area (Å²) in [7, 11) is 1.95. The van der Waals surface area contributed by atoms with Gasteiger partial charge in [-0.3, -0.25) is 4.68 Å². The van der Waals surface area contributed by atoms with Gasteiger partial charge in [-0.25, -0.2) is 0 Å². The molecule has 4 heteroatoms. The van der Waals surface area contributed by atoms with Crippen molar-refractivity contribution in [1.29, 1.82) is 0 Å². The lowest BCUT2D eigenvalue weighted by atomic mass is 10.1. The Kier molecular flexibility index (Phi) is 4.22. The fourth-order valence-electron chi connectivity index (χ4n) is 2.15. The van der Waals surface area contributed by atoms with Crippen molar-refractivity contribution in [1.82, 2.24) is 9.78 Å². The van der Waals surface area contributed by atoms with Crippen LogP contribution in [0.15, 0.2) is 30.5 Å². The van der Waals surface area contributed by atoms with E-state index >= 15 is 0 Å². The Morgan fingerprint density at radius 2 is 2.16 bits per heavy atom. The number of nitrogens with zero attached hydrogens (tertiary/aromatic N) is 2. The third-order valence-electron chi connectivity index (χ3n) is 3.08. The molecule has 1 heterocycles. The molecule has 0 radical (unpaired) electrons. The van der Waals surface area contributed by atoms with Crippen LogP contribution in [0.3, 0.4) is 0 Å². The number of benzene rings is 1. The molecule has 0 aliphatic carbocycles. The zero-order valence-corrected chi connectivity index (χ0v) is 11.7. The lowest BCUT2D eigenvalue weighted by Crippen LogP contribution is -2.03. The van der Waals surface area contributed by atoms with Crippen LogP contribution in [0.1, 0.15) is 36.6 Å². The molecule has 0 unspecified atom stereocenters. The highest BCUT2D eigenvalue weighted by Crippen LogP contribution is 2.19. The summed E-state index contributed by atoms with van der Waals surface area (Å²) in [6.07, 6.45) is 2.05. The minimum Gasteiger partial charge on any atom is -0.392 e. The monoisotopic (exact) mass is 259 g/mol. The standard InChI is InChI=1S/C15H21N3O/c1-11(2)15-13(9-18(3)17-15)8-16-14-6-4-5-12(7-14)10-19/h4-7,9,11,16,19H,8,10H2,1-3H3. The Hall–Kier alpha value is -1.81. The number of anilines is 1. The van der Waals surface area contributed by atoms with Gasteiger partial charge in [0.15, 0.2) is 0 Å². The van der Waals surface area contributed by atoms with E-state index in [4.69, 9.17) is 5.11 Å². The number of hydrogen-bond acceptors (Lipinski definition) is 3. The van der Waals surface area contributed by atoms with Crippen LogP contribution in [0.5, 0.6) is 0 Å². The molecule has 2 aromatic rings. The molecule has 0 spiro atoms. The first kappa shape index (κ1) is 13.6. The first-order valence-electron chi connectivity index (χ1n) is 6.56. The van der Waals surface area contributed by atoms with E-state index in [-0.39, 0.29) is 6.61 Å². The predicted octanol–water partition coefficient (Wildman–Crippen LogP) is 2.65. The summed E-state index contributed by atoms with van der Waals surface area (Å²) >= 11 is 0. The molecule has 0 fully saturated rings. The van der Waals surface area contributed by atoms with Gasteiger partial charge in [-0.2, -0.15) is 5.10 Å².